The third kappa shape index (κ3) is 4.23. The molecule has 1 aliphatic heterocycles. The van der Waals surface area contributed by atoms with Gasteiger partial charge in [-0.05, 0) is 36.5 Å². The lowest BCUT2D eigenvalue weighted by Gasteiger charge is -2.22. The molecule has 5 heteroatoms. The van der Waals surface area contributed by atoms with Gasteiger partial charge >= 0.3 is 0 Å². The molecule has 0 saturated carbocycles. The molecular weight excluding hydrogens is 288 g/mol. The summed E-state index contributed by atoms with van der Waals surface area (Å²) in [6.07, 6.45) is 3.55. The maximum Gasteiger partial charge on any atom is 0.228 e. The summed E-state index contributed by atoms with van der Waals surface area (Å²) in [5.74, 6) is 0.460. The summed E-state index contributed by atoms with van der Waals surface area (Å²) in [5.41, 5.74) is 0.876. The molecule has 0 radical (unpaired) electrons. The number of rotatable bonds is 5. The van der Waals surface area contributed by atoms with Crippen LogP contribution in [0.2, 0.25) is 0 Å². The van der Waals surface area contributed by atoms with Gasteiger partial charge in [0.25, 0.3) is 0 Å². The maximum atomic E-state index is 12.8. The monoisotopic (exact) mass is 313 g/mol. The third-order valence-electron chi connectivity index (χ3n) is 3.74. The van der Waals surface area contributed by atoms with Gasteiger partial charge in [-0.25, -0.2) is 4.39 Å². The maximum absolute atomic E-state index is 12.8. The molecule has 0 amide bonds. The van der Waals surface area contributed by atoms with Gasteiger partial charge < -0.3 is 14.6 Å². The standard InChI is InChI=1S/C16H25FNO2P/c1-16(2,3)11-18-14-7-6-13(10-15(14)20-12-17)21(19)8-4-5-9-21/h6-7,10,18H,4-5,8-9,11-12H2,1-3H3. The molecule has 1 saturated heterocycles. The second-order valence-corrected chi connectivity index (χ2v) is 10.1. The molecule has 3 nitrogen and oxygen atoms in total. The Hall–Kier alpha value is -1.02. The molecular formula is C16H25FNO2P. The van der Waals surface area contributed by atoms with Gasteiger partial charge in [0.1, 0.15) is 12.9 Å². The van der Waals surface area contributed by atoms with Crippen LogP contribution in [0.5, 0.6) is 5.75 Å². The molecule has 1 N–H and O–H groups in total. The van der Waals surface area contributed by atoms with Gasteiger partial charge in [0, 0.05) is 24.2 Å². The van der Waals surface area contributed by atoms with Crippen LogP contribution in [-0.2, 0) is 4.57 Å². The number of hydrogen-bond acceptors (Lipinski definition) is 3. The Balaban J connectivity index is 2.24. The summed E-state index contributed by atoms with van der Waals surface area (Å²) in [7, 11) is -2.27. The number of alkyl halides is 1. The molecule has 0 bridgehead atoms. The van der Waals surface area contributed by atoms with E-state index in [-0.39, 0.29) is 5.41 Å². The Morgan fingerprint density at radius 3 is 2.52 bits per heavy atom. The van der Waals surface area contributed by atoms with Crippen molar-refractivity contribution in [1.29, 1.82) is 0 Å². The average molecular weight is 313 g/mol. The van der Waals surface area contributed by atoms with Crippen molar-refractivity contribution in [1.82, 2.24) is 0 Å². The lowest BCUT2D eigenvalue weighted by Crippen LogP contribution is -2.20. The van der Waals surface area contributed by atoms with E-state index in [4.69, 9.17) is 4.74 Å². The number of hydrogen-bond donors (Lipinski definition) is 1. The van der Waals surface area contributed by atoms with Gasteiger partial charge in [-0.1, -0.05) is 20.8 Å². The minimum absolute atomic E-state index is 0.115. The highest BCUT2D eigenvalue weighted by Crippen LogP contribution is 2.51. The summed E-state index contributed by atoms with van der Waals surface area (Å²) in [6.45, 7) is 6.26. The van der Waals surface area contributed by atoms with Crippen molar-refractivity contribution < 1.29 is 13.7 Å². The van der Waals surface area contributed by atoms with Crippen LogP contribution in [0.1, 0.15) is 33.6 Å². The first-order valence-corrected chi connectivity index (χ1v) is 9.57. The first-order chi connectivity index (χ1) is 9.84. The fourth-order valence-corrected chi connectivity index (χ4v) is 5.46. The zero-order chi connectivity index (χ0) is 15.5. The third-order valence-corrected chi connectivity index (χ3v) is 7.04. The van der Waals surface area contributed by atoms with E-state index in [1.807, 2.05) is 12.1 Å². The van der Waals surface area contributed by atoms with Crippen LogP contribution in [0.25, 0.3) is 0 Å². The Bertz CT molecular complexity index is 530. The highest BCUT2D eigenvalue weighted by molar-refractivity contribution is 7.71. The minimum atomic E-state index is -2.27. The summed E-state index contributed by atoms with van der Waals surface area (Å²) >= 11 is 0. The molecule has 1 aliphatic rings. The predicted molar refractivity (Wildman–Crippen MR) is 87.2 cm³/mol. The Labute approximate surface area is 126 Å². The SMILES string of the molecule is CC(C)(C)CNc1ccc(P2(=O)CCCC2)cc1OCF. The molecule has 118 valence electrons. The van der Waals surface area contributed by atoms with Crippen LogP contribution < -0.4 is 15.4 Å². The zero-order valence-electron chi connectivity index (χ0n) is 13.1. The second-order valence-electron chi connectivity index (χ2n) is 6.89. The van der Waals surface area contributed by atoms with E-state index in [9.17, 15) is 8.96 Å². The van der Waals surface area contributed by atoms with E-state index >= 15 is 0 Å². The molecule has 1 aromatic rings. The summed E-state index contributed by atoms with van der Waals surface area (Å²) < 4.78 is 30.5. The van der Waals surface area contributed by atoms with E-state index in [0.29, 0.717) is 5.75 Å². The fourth-order valence-electron chi connectivity index (χ4n) is 2.55. The van der Waals surface area contributed by atoms with E-state index < -0.39 is 14.0 Å². The Morgan fingerprint density at radius 1 is 1.29 bits per heavy atom. The van der Waals surface area contributed by atoms with Crippen LogP contribution in [0, 0.1) is 5.41 Å². The number of ether oxygens (including phenoxy) is 1. The molecule has 0 atom stereocenters. The topological polar surface area (TPSA) is 38.3 Å². The molecule has 2 rings (SSSR count). The van der Waals surface area contributed by atoms with Crippen LogP contribution in [0.15, 0.2) is 18.2 Å². The van der Waals surface area contributed by atoms with Gasteiger partial charge in [0.05, 0.1) is 5.69 Å². The Kier molecular flexibility index (Phi) is 4.98. The lowest BCUT2D eigenvalue weighted by molar-refractivity contribution is 0.192. The zero-order valence-corrected chi connectivity index (χ0v) is 14.0. The minimum Gasteiger partial charge on any atom is -0.461 e. The molecule has 0 unspecified atom stereocenters. The first-order valence-electron chi connectivity index (χ1n) is 7.49. The van der Waals surface area contributed by atoms with Gasteiger partial charge in [-0.15, -0.1) is 0 Å². The molecule has 1 aromatic carbocycles. The Morgan fingerprint density at radius 2 is 1.95 bits per heavy atom. The predicted octanol–water partition coefficient (Wildman–Crippen LogP) is 4.23. The largest absolute Gasteiger partial charge is 0.461 e. The molecule has 21 heavy (non-hydrogen) atoms. The molecule has 0 aromatic heterocycles. The van der Waals surface area contributed by atoms with Crippen molar-refractivity contribution in [2.45, 2.75) is 33.6 Å². The van der Waals surface area contributed by atoms with Gasteiger partial charge in [-0.2, -0.15) is 0 Å². The smallest absolute Gasteiger partial charge is 0.228 e. The van der Waals surface area contributed by atoms with Crippen molar-refractivity contribution >= 4 is 18.1 Å². The van der Waals surface area contributed by atoms with Crippen molar-refractivity contribution in [3.05, 3.63) is 18.2 Å². The average Bonchev–Trinajstić information content (AvgIpc) is 2.85. The molecule has 1 heterocycles. The molecule has 0 aliphatic carbocycles. The number of halogens is 1. The van der Waals surface area contributed by atoms with Crippen molar-refractivity contribution in [3.63, 3.8) is 0 Å². The van der Waals surface area contributed by atoms with Crippen LogP contribution in [-0.4, -0.2) is 25.7 Å². The highest BCUT2D eigenvalue weighted by Gasteiger charge is 2.29. The van der Waals surface area contributed by atoms with E-state index in [1.54, 1.807) is 6.07 Å². The second kappa shape index (κ2) is 6.39. The summed E-state index contributed by atoms with van der Waals surface area (Å²) in [5, 5.41) is 4.11. The van der Waals surface area contributed by atoms with Gasteiger partial charge in [0.2, 0.25) is 6.86 Å². The van der Waals surface area contributed by atoms with E-state index in [2.05, 4.69) is 26.1 Å². The fraction of sp³-hybridized carbons (Fsp3) is 0.625. The normalized spacial score (nSPS) is 17.7. The van der Waals surface area contributed by atoms with Gasteiger partial charge in [0.15, 0.2) is 0 Å². The number of anilines is 1. The van der Waals surface area contributed by atoms with Crippen LogP contribution >= 0.6 is 7.14 Å². The summed E-state index contributed by atoms with van der Waals surface area (Å²) in [4.78, 5) is 0. The lowest BCUT2D eigenvalue weighted by atomic mass is 9.97. The number of nitrogens with one attached hydrogen (secondary N) is 1. The van der Waals surface area contributed by atoms with E-state index in [1.165, 1.54) is 0 Å². The van der Waals surface area contributed by atoms with Crippen LogP contribution in [0.3, 0.4) is 0 Å². The quantitative estimate of drug-likeness (QED) is 0.827. The highest BCUT2D eigenvalue weighted by atomic mass is 31.2. The van der Waals surface area contributed by atoms with Crippen molar-refractivity contribution in [2.24, 2.45) is 5.41 Å². The van der Waals surface area contributed by atoms with Crippen LogP contribution in [0.4, 0.5) is 10.1 Å². The van der Waals surface area contributed by atoms with Crippen molar-refractivity contribution in [3.8, 4) is 5.75 Å². The van der Waals surface area contributed by atoms with E-state index in [0.717, 1.165) is 42.7 Å². The van der Waals surface area contributed by atoms with Crippen molar-refractivity contribution in [2.75, 3.05) is 31.0 Å². The summed E-state index contributed by atoms with van der Waals surface area (Å²) in [6, 6.07) is 5.53. The number of benzene rings is 1. The molecule has 0 spiro atoms. The van der Waals surface area contributed by atoms with Gasteiger partial charge in [-0.3, -0.25) is 0 Å². The first kappa shape index (κ1) is 16.4. The molecule has 1 fully saturated rings.